The maximum absolute atomic E-state index is 13.1. The molecule has 1 unspecified atom stereocenters. The third-order valence-electron chi connectivity index (χ3n) is 4.45. The van der Waals surface area contributed by atoms with Crippen molar-refractivity contribution in [3.8, 4) is 17.3 Å². The minimum Gasteiger partial charge on any atom is -0.355 e. The summed E-state index contributed by atoms with van der Waals surface area (Å²) in [6.07, 6.45) is 2.28. The maximum atomic E-state index is 13.1. The lowest BCUT2D eigenvalue weighted by Gasteiger charge is -2.11. The number of carbonyl (C=O) groups excluding carboxylic acids is 2. The van der Waals surface area contributed by atoms with E-state index in [0.717, 1.165) is 12.0 Å². The molecule has 0 aliphatic heterocycles. The number of pyridine rings is 1. The highest BCUT2D eigenvalue weighted by Crippen LogP contribution is 2.26. The SMILES string of the molecule is CCCNC(=O)C(C#N)C(=O)c1cc(-c2ccccc2)nc2c1cnn2CC. The molecule has 2 heterocycles. The number of benzene rings is 1. The zero-order chi connectivity index (χ0) is 20.1. The van der Waals surface area contributed by atoms with Crippen LogP contribution in [0.25, 0.3) is 22.3 Å². The number of hydrogen-bond acceptors (Lipinski definition) is 5. The highest BCUT2D eigenvalue weighted by Gasteiger charge is 2.30. The first-order valence-electron chi connectivity index (χ1n) is 9.24. The van der Waals surface area contributed by atoms with Gasteiger partial charge in [0.1, 0.15) is 0 Å². The smallest absolute Gasteiger partial charge is 0.245 e. The van der Waals surface area contributed by atoms with E-state index in [2.05, 4.69) is 15.4 Å². The van der Waals surface area contributed by atoms with Gasteiger partial charge in [-0.15, -0.1) is 0 Å². The number of nitriles is 1. The first-order valence-corrected chi connectivity index (χ1v) is 9.24. The molecule has 3 aromatic rings. The van der Waals surface area contributed by atoms with E-state index in [-0.39, 0.29) is 5.56 Å². The second-order valence-corrected chi connectivity index (χ2v) is 6.34. The molecule has 1 amide bonds. The predicted octanol–water partition coefficient (Wildman–Crippen LogP) is 2.97. The predicted molar refractivity (Wildman–Crippen MR) is 105 cm³/mol. The largest absolute Gasteiger partial charge is 0.355 e. The average Bonchev–Trinajstić information content (AvgIpc) is 3.15. The zero-order valence-electron chi connectivity index (χ0n) is 15.8. The van der Waals surface area contributed by atoms with Crippen LogP contribution < -0.4 is 5.32 Å². The molecule has 1 atom stereocenters. The molecule has 0 radical (unpaired) electrons. The summed E-state index contributed by atoms with van der Waals surface area (Å²) in [4.78, 5) is 30.1. The summed E-state index contributed by atoms with van der Waals surface area (Å²) in [6, 6.07) is 12.9. The van der Waals surface area contributed by atoms with Crippen LogP contribution in [-0.4, -0.2) is 33.0 Å². The van der Waals surface area contributed by atoms with Crippen molar-refractivity contribution < 1.29 is 9.59 Å². The van der Waals surface area contributed by atoms with Crippen LogP contribution in [0.2, 0.25) is 0 Å². The Morgan fingerprint density at radius 2 is 2.00 bits per heavy atom. The van der Waals surface area contributed by atoms with Crippen molar-refractivity contribution in [3.05, 3.63) is 48.2 Å². The molecule has 0 bridgehead atoms. The molecule has 7 heteroatoms. The summed E-state index contributed by atoms with van der Waals surface area (Å²) in [5, 5.41) is 16.9. The normalized spacial score (nSPS) is 11.8. The van der Waals surface area contributed by atoms with Crippen LogP contribution in [0.1, 0.15) is 30.6 Å². The summed E-state index contributed by atoms with van der Waals surface area (Å²) in [5.41, 5.74) is 2.27. The Balaban J connectivity index is 2.13. The highest BCUT2D eigenvalue weighted by molar-refractivity contribution is 6.17. The average molecular weight is 375 g/mol. The summed E-state index contributed by atoms with van der Waals surface area (Å²) in [7, 11) is 0. The summed E-state index contributed by atoms with van der Waals surface area (Å²) >= 11 is 0. The van der Waals surface area contributed by atoms with Crippen LogP contribution in [0, 0.1) is 17.2 Å². The van der Waals surface area contributed by atoms with E-state index in [1.165, 1.54) is 0 Å². The Labute approximate surface area is 163 Å². The maximum Gasteiger partial charge on any atom is 0.245 e. The molecular weight excluding hydrogens is 354 g/mol. The molecule has 7 nitrogen and oxygen atoms in total. The van der Waals surface area contributed by atoms with Gasteiger partial charge in [0.05, 0.1) is 18.0 Å². The molecule has 2 aromatic heterocycles. The fourth-order valence-electron chi connectivity index (χ4n) is 2.98. The van der Waals surface area contributed by atoms with Crippen molar-refractivity contribution in [3.63, 3.8) is 0 Å². The lowest BCUT2D eigenvalue weighted by Crippen LogP contribution is -2.35. The van der Waals surface area contributed by atoms with Crippen LogP contribution in [0.5, 0.6) is 0 Å². The molecule has 142 valence electrons. The van der Waals surface area contributed by atoms with E-state index < -0.39 is 17.6 Å². The van der Waals surface area contributed by atoms with E-state index in [1.807, 2.05) is 50.2 Å². The lowest BCUT2D eigenvalue weighted by atomic mass is 9.95. The molecule has 0 saturated carbocycles. The van der Waals surface area contributed by atoms with Gasteiger partial charge in [-0.2, -0.15) is 10.4 Å². The number of aryl methyl sites for hydroxylation is 1. The van der Waals surface area contributed by atoms with E-state index in [9.17, 15) is 14.9 Å². The quantitative estimate of drug-likeness (QED) is 0.505. The molecule has 0 fully saturated rings. The number of fused-ring (bicyclic) bond motifs is 1. The number of rotatable bonds is 7. The number of carbonyl (C=O) groups is 2. The topological polar surface area (TPSA) is 101 Å². The first-order chi connectivity index (χ1) is 13.6. The third kappa shape index (κ3) is 3.62. The molecule has 1 aromatic carbocycles. The molecule has 28 heavy (non-hydrogen) atoms. The van der Waals surface area contributed by atoms with E-state index >= 15 is 0 Å². The molecular formula is C21H21N5O2. The fraction of sp³-hybridized carbons (Fsp3) is 0.286. The number of hydrogen-bond donors (Lipinski definition) is 1. The van der Waals surface area contributed by atoms with Gasteiger partial charge >= 0.3 is 0 Å². The molecule has 1 N–H and O–H groups in total. The summed E-state index contributed by atoms with van der Waals surface area (Å²) in [5.74, 6) is -2.54. The summed E-state index contributed by atoms with van der Waals surface area (Å²) < 4.78 is 1.69. The van der Waals surface area contributed by atoms with Crippen LogP contribution in [0.15, 0.2) is 42.6 Å². The molecule has 3 rings (SSSR count). The van der Waals surface area contributed by atoms with Crippen LogP contribution in [0.3, 0.4) is 0 Å². The number of nitrogens with one attached hydrogen (secondary N) is 1. The lowest BCUT2D eigenvalue weighted by molar-refractivity contribution is -0.122. The third-order valence-corrected chi connectivity index (χ3v) is 4.45. The van der Waals surface area contributed by atoms with Gasteiger partial charge in [0.2, 0.25) is 5.91 Å². The van der Waals surface area contributed by atoms with Gasteiger partial charge in [0, 0.05) is 29.6 Å². The van der Waals surface area contributed by atoms with Crippen LogP contribution in [0.4, 0.5) is 0 Å². The van der Waals surface area contributed by atoms with Gasteiger partial charge in [0.25, 0.3) is 0 Å². The standard InChI is InChI=1S/C21H21N5O2/c1-3-10-23-21(28)16(12-22)19(27)15-11-18(14-8-6-5-7-9-14)25-20-17(15)13-24-26(20)4-2/h5-9,11,13,16H,3-4,10H2,1-2H3,(H,23,28). The number of amides is 1. The van der Waals surface area contributed by atoms with Gasteiger partial charge in [0.15, 0.2) is 17.3 Å². The van der Waals surface area contributed by atoms with Crippen molar-refractivity contribution in [2.75, 3.05) is 6.54 Å². The number of aromatic nitrogens is 3. The van der Waals surface area contributed by atoms with E-state index in [4.69, 9.17) is 0 Å². The Morgan fingerprint density at radius 3 is 2.64 bits per heavy atom. The van der Waals surface area contributed by atoms with E-state index in [1.54, 1.807) is 16.9 Å². The molecule has 0 spiro atoms. The molecule has 0 saturated heterocycles. The minimum absolute atomic E-state index is 0.279. The Morgan fingerprint density at radius 1 is 1.25 bits per heavy atom. The zero-order valence-corrected chi connectivity index (χ0v) is 15.8. The number of Topliss-reactive ketones (excluding diaryl/α,β-unsaturated/α-hetero) is 1. The van der Waals surface area contributed by atoms with Gasteiger partial charge in [-0.25, -0.2) is 9.67 Å². The van der Waals surface area contributed by atoms with Crippen molar-refractivity contribution in [2.45, 2.75) is 26.8 Å². The number of nitrogens with zero attached hydrogens (tertiary/aromatic N) is 4. The van der Waals surface area contributed by atoms with Gasteiger partial charge in [-0.3, -0.25) is 9.59 Å². The van der Waals surface area contributed by atoms with Crippen molar-refractivity contribution in [1.29, 1.82) is 5.26 Å². The Hall–Kier alpha value is -3.53. The fourth-order valence-corrected chi connectivity index (χ4v) is 2.98. The van der Waals surface area contributed by atoms with Crippen molar-refractivity contribution >= 4 is 22.7 Å². The Bertz CT molecular complexity index is 1050. The monoisotopic (exact) mass is 375 g/mol. The number of ketones is 1. The van der Waals surface area contributed by atoms with Gasteiger partial charge in [-0.05, 0) is 19.4 Å². The second-order valence-electron chi connectivity index (χ2n) is 6.34. The molecule has 0 aliphatic rings. The van der Waals surface area contributed by atoms with Crippen LogP contribution in [-0.2, 0) is 11.3 Å². The highest BCUT2D eigenvalue weighted by atomic mass is 16.2. The van der Waals surface area contributed by atoms with Crippen molar-refractivity contribution in [2.24, 2.45) is 5.92 Å². The second kappa shape index (κ2) is 8.44. The van der Waals surface area contributed by atoms with Gasteiger partial charge < -0.3 is 5.32 Å². The minimum atomic E-state index is -1.41. The summed E-state index contributed by atoms with van der Waals surface area (Å²) in [6.45, 7) is 4.84. The van der Waals surface area contributed by atoms with Crippen LogP contribution >= 0.6 is 0 Å². The van der Waals surface area contributed by atoms with Crippen molar-refractivity contribution in [1.82, 2.24) is 20.1 Å². The first kappa shape index (κ1) is 19.2. The Kier molecular flexibility index (Phi) is 5.80. The van der Waals surface area contributed by atoms with Gasteiger partial charge in [-0.1, -0.05) is 37.3 Å². The van der Waals surface area contributed by atoms with E-state index in [0.29, 0.717) is 29.8 Å². The molecule has 0 aliphatic carbocycles.